The Bertz CT molecular complexity index is 724. The van der Waals surface area contributed by atoms with Crippen LogP contribution in [-0.4, -0.2) is 59.7 Å². The molecule has 1 aromatic rings. The van der Waals surface area contributed by atoms with Crippen LogP contribution >= 0.6 is 0 Å². The Morgan fingerprint density at radius 3 is 1.79 bits per heavy atom. The largest absolute Gasteiger partial charge is 0.340 e. The summed E-state index contributed by atoms with van der Waals surface area (Å²) < 4.78 is 27.7. The topological polar surface area (TPSA) is 69.7 Å². The molecular formula is C20H27F2N3O3. The van der Waals surface area contributed by atoms with Crippen LogP contribution in [0, 0.1) is 23.5 Å². The third kappa shape index (κ3) is 4.85. The van der Waals surface area contributed by atoms with Gasteiger partial charge in [-0.15, -0.1) is 0 Å². The number of hydrogen-bond donors (Lipinski definition) is 1. The molecule has 0 aromatic heterocycles. The molecule has 0 saturated carbocycles. The quantitative estimate of drug-likeness (QED) is 0.830. The van der Waals surface area contributed by atoms with Gasteiger partial charge in [0.2, 0.25) is 11.8 Å². The van der Waals surface area contributed by atoms with Crippen LogP contribution in [0.1, 0.15) is 38.1 Å². The molecule has 6 nitrogen and oxygen atoms in total. The second kappa shape index (κ2) is 9.12. The van der Waals surface area contributed by atoms with Gasteiger partial charge in [0, 0.05) is 32.1 Å². The van der Waals surface area contributed by atoms with Crippen molar-refractivity contribution in [2.45, 2.75) is 33.7 Å². The van der Waals surface area contributed by atoms with Gasteiger partial charge in [-0.25, -0.2) is 8.78 Å². The van der Waals surface area contributed by atoms with E-state index in [1.54, 1.807) is 23.6 Å². The van der Waals surface area contributed by atoms with E-state index in [-0.39, 0.29) is 23.7 Å². The molecule has 1 heterocycles. The molecule has 0 bridgehead atoms. The highest BCUT2D eigenvalue weighted by Gasteiger charge is 2.33. The summed E-state index contributed by atoms with van der Waals surface area (Å²) in [6.45, 7) is 8.69. The highest BCUT2D eigenvalue weighted by molar-refractivity contribution is 5.98. The molecule has 0 aliphatic carbocycles. The molecule has 1 aliphatic rings. The van der Waals surface area contributed by atoms with Gasteiger partial charge >= 0.3 is 0 Å². The number of benzene rings is 1. The first-order valence-corrected chi connectivity index (χ1v) is 9.46. The molecule has 1 unspecified atom stereocenters. The van der Waals surface area contributed by atoms with Crippen LogP contribution in [0.5, 0.6) is 0 Å². The van der Waals surface area contributed by atoms with E-state index in [1.807, 2.05) is 13.8 Å². The fourth-order valence-electron chi connectivity index (χ4n) is 3.15. The lowest BCUT2D eigenvalue weighted by Gasteiger charge is -2.37. The number of carbonyl (C=O) groups excluding carboxylic acids is 3. The van der Waals surface area contributed by atoms with Gasteiger partial charge in [-0.1, -0.05) is 33.8 Å². The van der Waals surface area contributed by atoms with Crippen molar-refractivity contribution in [3.8, 4) is 0 Å². The van der Waals surface area contributed by atoms with Crippen LogP contribution in [0.2, 0.25) is 0 Å². The minimum absolute atomic E-state index is 0.0378. The third-order valence-corrected chi connectivity index (χ3v) is 4.81. The van der Waals surface area contributed by atoms with Crippen molar-refractivity contribution >= 4 is 17.7 Å². The van der Waals surface area contributed by atoms with Gasteiger partial charge in [-0.3, -0.25) is 14.4 Å². The van der Waals surface area contributed by atoms with Crippen LogP contribution in [-0.2, 0) is 9.59 Å². The van der Waals surface area contributed by atoms with Gasteiger partial charge in [-0.05, 0) is 18.1 Å². The molecule has 1 aliphatic heterocycles. The maximum absolute atomic E-state index is 13.9. The van der Waals surface area contributed by atoms with Crippen LogP contribution in [0.4, 0.5) is 8.78 Å². The predicted molar refractivity (Wildman–Crippen MR) is 100 cm³/mol. The van der Waals surface area contributed by atoms with E-state index in [1.165, 1.54) is 6.07 Å². The Balaban J connectivity index is 2.07. The number of hydrogen-bond acceptors (Lipinski definition) is 3. The van der Waals surface area contributed by atoms with Crippen LogP contribution in [0.25, 0.3) is 0 Å². The fraction of sp³-hybridized carbons (Fsp3) is 0.550. The zero-order valence-corrected chi connectivity index (χ0v) is 16.7. The summed E-state index contributed by atoms with van der Waals surface area (Å²) in [4.78, 5) is 40.7. The number of rotatable bonds is 5. The minimum atomic E-state index is -0.978. The van der Waals surface area contributed by atoms with Crippen molar-refractivity contribution in [2.24, 2.45) is 11.8 Å². The molecule has 1 aromatic carbocycles. The van der Waals surface area contributed by atoms with Gasteiger partial charge < -0.3 is 15.1 Å². The van der Waals surface area contributed by atoms with Crippen LogP contribution in [0.15, 0.2) is 18.2 Å². The average Bonchev–Trinajstić information content (AvgIpc) is 2.64. The lowest BCUT2D eigenvalue weighted by molar-refractivity contribution is -0.142. The third-order valence-electron chi connectivity index (χ3n) is 4.81. The number of carbonyl (C=O) groups is 3. The van der Waals surface area contributed by atoms with Crippen LogP contribution in [0.3, 0.4) is 0 Å². The molecule has 28 heavy (non-hydrogen) atoms. The predicted octanol–water partition coefficient (Wildman–Crippen LogP) is 2.05. The SMILES string of the molecule is CC(C)C(=O)N1CCN(C(=O)C(NC(=O)c2c(F)cccc2F)C(C)C)CC1. The molecule has 0 radical (unpaired) electrons. The summed E-state index contributed by atoms with van der Waals surface area (Å²) in [5, 5.41) is 2.47. The lowest BCUT2D eigenvalue weighted by Crippen LogP contribution is -2.57. The van der Waals surface area contributed by atoms with E-state index in [0.717, 1.165) is 12.1 Å². The Morgan fingerprint density at radius 2 is 1.36 bits per heavy atom. The summed E-state index contributed by atoms with van der Waals surface area (Å²) >= 11 is 0. The van der Waals surface area contributed by atoms with E-state index < -0.39 is 29.1 Å². The second-order valence-corrected chi connectivity index (χ2v) is 7.60. The maximum atomic E-state index is 13.9. The molecule has 2 rings (SSSR count). The summed E-state index contributed by atoms with van der Waals surface area (Å²) in [7, 11) is 0. The summed E-state index contributed by atoms with van der Waals surface area (Å²) in [6, 6.07) is 2.24. The highest BCUT2D eigenvalue weighted by Crippen LogP contribution is 2.15. The second-order valence-electron chi connectivity index (χ2n) is 7.60. The van der Waals surface area contributed by atoms with Crippen molar-refractivity contribution in [3.63, 3.8) is 0 Å². The molecular weight excluding hydrogens is 368 g/mol. The zero-order valence-electron chi connectivity index (χ0n) is 16.7. The summed E-state index contributed by atoms with van der Waals surface area (Å²) in [5.74, 6) is -3.59. The van der Waals surface area contributed by atoms with Crippen molar-refractivity contribution in [3.05, 3.63) is 35.4 Å². The highest BCUT2D eigenvalue weighted by atomic mass is 19.1. The van der Waals surface area contributed by atoms with Crippen molar-refractivity contribution < 1.29 is 23.2 Å². The summed E-state index contributed by atoms with van der Waals surface area (Å²) in [5.41, 5.74) is -0.701. The van der Waals surface area contributed by atoms with Crippen molar-refractivity contribution in [2.75, 3.05) is 26.2 Å². The number of nitrogens with one attached hydrogen (secondary N) is 1. The lowest BCUT2D eigenvalue weighted by atomic mass is 10.0. The number of nitrogens with zero attached hydrogens (tertiary/aromatic N) is 2. The summed E-state index contributed by atoms with van der Waals surface area (Å²) in [6.07, 6.45) is 0. The van der Waals surface area contributed by atoms with E-state index >= 15 is 0 Å². The van der Waals surface area contributed by atoms with Gasteiger partial charge in [0.1, 0.15) is 23.2 Å². The Labute approximate surface area is 163 Å². The van der Waals surface area contributed by atoms with Crippen molar-refractivity contribution in [1.29, 1.82) is 0 Å². The number of amides is 3. The van der Waals surface area contributed by atoms with Gasteiger partial charge in [0.15, 0.2) is 0 Å². The number of halogens is 2. The molecule has 1 atom stereocenters. The first-order valence-electron chi connectivity index (χ1n) is 9.46. The minimum Gasteiger partial charge on any atom is -0.340 e. The van der Waals surface area contributed by atoms with E-state index in [0.29, 0.717) is 26.2 Å². The molecule has 1 saturated heterocycles. The normalized spacial score (nSPS) is 15.7. The molecule has 0 spiro atoms. The number of piperazine rings is 1. The first kappa shape index (κ1) is 21.8. The van der Waals surface area contributed by atoms with Crippen molar-refractivity contribution in [1.82, 2.24) is 15.1 Å². The molecule has 3 amide bonds. The Kier molecular flexibility index (Phi) is 7.10. The Morgan fingerprint density at radius 1 is 0.893 bits per heavy atom. The van der Waals surface area contributed by atoms with Gasteiger partial charge in [-0.2, -0.15) is 0 Å². The van der Waals surface area contributed by atoms with E-state index in [2.05, 4.69) is 5.32 Å². The Hall–Kier alpha value is -2.51. The zero-order chi connectivity index (χ0) is 21.0. The molecule has 1 fully saturated rings. The van der Waals surface area contributed by atoms with E-state index in [4.69, 9.17) is 0 Å². The fourth-order valence-corrected chi connectivity index (χ4v) is 3.15. The van der Waals surface area contributed by atoms with Gasteiger partial charge in [0.05, 0.1) is 0 Å². The smallest absolute Gasteiger partial charge is 0.257 e. The monoisotopic (exact) mass is 395 g/mol. The van der Waals surface area contributed by atoms with Gasteiger partial charge in [0.25, 0.3) is 5.91 Å². The average molecular weight is 395 g/mol. The maximum Gasteiger partial charge on any atom is 0.257 e. The standard InChI is InChI=1S/C20H27F2N3O3/c1-12(2)17(23-18(26)16-14(21)6-5-7-15(16)22)20(28)25-10-8-24(9-11-25)19(27)13(3)4/h5-7,12-13,17H,8-11H2,1-4H3,(H,23,26). The van der Waals surface area contributed by atoms with E-state index in [9.17, 15) is 23.2 Å². The van der Waals surface area contributed by atoms with Crippen LogP contribution < -0.4 is 5.32 Å². The first-order chi connectivity index (χ1) is 13.1. The molecule has 1 N–H and O–H groups in total. The molecule has 154 valence electrons. The molecule has 8 heteroatoms.